The van der Waals surface area contributed by atoms with E-state index in [1.807, 2.05) is 0 Å². The SMILES string of the molecule is CC(C)(C)C1=CCC(O)N1. The molecule has 1 aliphatic heterocycles. The van der Waals surface area contributed by atoms with Gasteiger partial charge in [-0.2, -0.15) is 0 Å². The summed E-state index contributed by atoms with van der Waals surface area (Å²) in [6.07, 6.45) is 2.45. The fourth-order valence-corrected chi connectivity index (χ4v) is 1.05. The molecule has 10 heavy (non-hydrogen) atoms. The van der Waals surface area contributed by atoms with Gasteiger partial charge in [0.05, 0.1) is 0 Å². The van der Waals surface area contributed by atoms with Gasteiger partial charge < -0.3 is 10.4 Å². The Kier molecular flexibility index (Phi) is 1.73. The van der Waals surface area contributed by atoms with Gasteiger partial charge in [0.2, 0.25) is 0 Å². The van der Waals surface area contributed by atoms with E-state index in [4.69, 9.17) is 5.11 Å². The van der Waals surface area contributed by atoms with Crippen LogP contribution in [-0.4, -0.2) is 11.3 Å². The smallest absolute Gasteiger partial charge is 0.127 e. The normalized spacial score (nSPS) is 26.0. The van der Waals surface area contributed by atoms with Gasteiger partial charge in [0, 0.05) is 17.5 Å². The van der Waals surface area contributed by atoms with E-state index in [1.54, 1.807) is 0 Å². The van der Waals surface area contributed by atoms with Crippen molar-refractivity contribution in [3.05, 3.63) is 11.8 Å². The molecule has 0 spiro atoms. The Balaban J connectivity index is 2.60. The van der Waals surface area contributed by atoms with Crippen molar-refractivity contribution in [1.82, 2.24) is 5.32 Å². The summed E-state index contributed by atoms with van der Waals surface area (Å²) in [6.45, 7) is 6.39. The van der Waals surface area contributed by atoms with Crippen molar-refractivity contribution in [2.24, 2.45) is 5.41 Å². The molecule has 1 rings (SSSR count). The van der Waals surface area contributed by atoms with Crippen LogP contribution in [-0.2, 0) is 0 Å². The van der Waals surface area contributed by atoms with Crippen LogP contribution >= 0.6 is 0 Å². The zero-order valence-electron chi connectivity index (χ0n) is 6.81. The Bertz CT molecular complexity index is 155. The number of aliphatic hydroxyl groups excluding tert-OH is 1. The van der Waals surface area contributed by atoms with E-state index in [0.29, 0.717) is 0 Å². The summed E-state index contributed by atoms with van der Waals surface area (Å²) in [7, 11) is 0. The van der Waals surface area contributed by atoms with Crippen molar-refractivity contribution in [3.8, 4) is 0 Å². The van der Waals surface area contributed by atoms with Crippen LogP contribution in [0.2, 0.25) is 0 Å². The zero-order chi connectivity index (χ0) is 7.78. The van der Waals surface area contributed by atoms with Crippen LogP contribution in [0.4, 0.5) is 0 Å². The maximum absolute atomic E-state index is 9.10. The molecular formula is C8H15NO. The third kappa shape index (κ3) is 1.51. The first kappa shape index (κ1) is 7.61. The summed E-state index contributed by atoms with van der Waals surface area (Å²) in [5, 5.41) is 12.1. The summed E-state index contributed by atoms with van der Waals surface area (Å²) >= 11 is 0. The lowest BCUT2D eigenvalue weighted by Gasteiger charge is -2.21. The minimum absolute atomic E-state index is 0.150. The summed E-state index contributed by atoms with van der Waals surface area (Å²) < 4.78 is 0. The van der Waals surface area contributed by atoms with Gasteiger partial charge in [-0.25, -0.2) is 0 Å². The molecule has 0 saturated heterocycles. The van der Waals surface area contributed by atoms with Crippen molar-refractivity contribution in [2.45, 2.75) is 33.4 Å². The van der Waals surface area contributed by atoms with Crippen molar-refractivity contribution >= 4 is 0 Å². The van der Waals surface area contributed by atoms with Gasteiger partial charge in [-0.05, 0) is 0 Å². The van der Waals surface area contributed by atoms with Gasteiger partial charge in [-0.1, -0.05) is 26.8 Å². The monoisotopic (exact) mass is 141 g/mol. The molecule has 1 aliphatic rings. The molecule has 0 aromatic heterocycles. The van der Waals surface area contributed by atoms with Gasteiger partial charge >= 0.3 is 0 Å². The van der Waals surface area contributed by atoms with Crippen molar-refractivity contribution in [1.29, 1.82) is 0 Å². The van der Waals surface area contributed by atoms with Crippen molar-refractivity contribution < 1.29 is 5.11 Å². The standard InChI is InChI=1S/C8H15NO/c1-8(2,3)6-4-5-7(10)9-6/h4,7,9-10H,5H2,1-3H3. The molecule has 0 amide bonds. The largest absolute Gasteiger partial charge is 0.374 e. The lowest BCUT2D eigenvalue weighted by Crippen LogP contribution is -2.27. The minimum Gasteiger partial charge on any atom is -0.374 e. The number of aliphatic hydroxyl groups is 1. The molecule has 1 atom stereocenters. The second-order valence-electron chi connectivity index (χ2n) is 3.76. The van der Waals surface area contributed by atoms with Crippen LogP contribution in [0.5, 0.6) is 0 Å². The predicted octanol–water partition coefficient (Wildman–Crippen LogP) is 1.23. The average Bonchev–Trinajstić information content (AvgIpc) is 2.11. The number of hydrogen-bond acceptors (Lipinski definition) is 2. The Morgan fingerprint density at radius 3 is 2.40 bits per heavy atom. The van der Waals surface area contributed by atoms with Crippen LogP contribution in [0.25, 0.3) is 0 Å². The van der Waals surface area contributed by atoms with Crippen LogP contribution in [0.15, 0.2) is 11.8 Å². The van der Waals surface area contributed by atoms with Crippen LogP contribution in [0.1, 0.15) is 27.2 Å². The molecule has 0 aliphatic carbocycles. The summed E-state index contributed by atoms with van der Waals surface area (Å²) in [5.41, 5.74) is 1.30. The van der Waals surface area contributed by atoms with Crippen LogP contribution in [0, 0.1) is 5.41 Å². The first-order valence-electron chi connectivity index (χ1n) is 3.65. The predicted molar refractivity (Wildman–Crippen MR) is 41.3 cm³/mol. The van der Waals surface area contributed by atoms with Crippen LogP contribution < -0.4 is 5.32 Å². The lowest BCUT2D eigenvalue weighted by molar-refractivity contribution is 0.157. The molecule has 0 bridgehead atoms. The Hall–Kier alpha value is -0.500. The highest BCUT2D eigenvalue weighted by atomic mass is 16.3. The van der Waals surface area contributed by atoms with E-state index in [0.717, 1.165) is 12.1 Å². The molecule has 2 nitrogen and oxygen atoms in total. The number of hydrogen-bond donors (Lipinski definition) is 2. The quantitative estimate of drug-likeness (QED) is 0.531. The molecule has 1 unspecified atom stereocenters. The molecular weight excluding hydrogens is 126 g/mol. The first-order chi connectivity index (χ1) is 4.50. The highest BCUT2D eigenvalue weighted by Gasteiger charge is 2.22. The average molecular weight is 141 g/mol. The molecule has 0 aromatic carbocycles. The fourth-order valence-electron chi connectivity index (χ4n) is 1.05. The van der Waals surface area contributed by atoms with E-state index in [-0.39, 0.29) is 11.6 Å². The third-order valence-corrected chi connectivity index (χ3v) is 1.68. The number of rotatable bonds is 0. The van der Waals surface area contributed by atoms with Gasteiger partial charge in [-0.3, -0.25) is 0 Å². The maximum atomic E-state index is 9.10. The molecule has 0 saturated carbocycles. The molecule has 2 heteroatoms. The number of nitrogens with one attached hydrogen (secondary N) is 1. The topological polar surface area (TPSA) is 32.3 Å². The Morgan fingerprint density at radius 1 is 1.60 bits per heavy atom. The zero-order valence-corrected chi connectivity index (χ0v) is 6.81. The second-order valence-corrected chi connectivity index (χ2v) is 3.76. The summed E-state index contributed by atoms with van der Waals surface area (Å²) in [4.78, 5) is 0. The summed E-state index contributed by atoms with van der Waals surface area (Å²) in [6, 6.07) is 0. The van der Waals surface area contributed by atoms with E-state index >= 15 is 0 Å². The molecule has 0 radical (unpaired) electrons. The molecule has 58 valence electrons. The van der Waals surface area contributed by atoms with Gasteiger partial charge in [0.1, 0.15) is 6.23 Å². The minimum atomic E-state index is -0.353. The third-order valence-electron chi connectivity index (χ3n) is 1.68. The molecule has 2 N–H and O–H groups in total. The van der Waals surface area contributed by atoms with E-state index in [2.05, 4.69) is 32.2 Å². The summed E-state index contributed by atoms with van der Waals surface area (Å²) in [5.74, 6) is 0. The fraction of sp³-hybridized carbons (Fsp3) is 0.750. The Labute approximate surface area is 61.9 Å². The number of allylic oxidation sites excluding steroid dienone is 1. The van der Waals surface area contributed by atoms with Gasteiger partial charge in [0.15, 0.2) is 0 Å². The van der Waals surface area contributed by atoms with Crippen molar-refractivity contribution in [3.63, 3.8) is 0 Å². The van der Waals surface area contributed by atoms with E-state index < -0.39 is 0 Å². The van der Waals surface area contributed by atoms with Crippen molar-refractivity contribution in [2.75, 3.05) is 0 Å². The Morgan fingerprint density at radius 2 is 2.20 bits per heavy atom. The van der Waals surface area contributed by atoms with Gasteiger partial charge in [-0.15, -0.1) is 0 Å². The second kappa shape index (κ2) is 2.27. The lowest BCUT2D eigenvalue weighted by atomic mass is 9.92. The maximum Gasteiger partial charge on any atom is 0.127 e. The van der Waals surface area contributed by atoms with E-state index in [9.17, 15) is 0 Å². The molecule has 1 heterocycles. The van der Waals surface area contributed by atoms with E-state index in [1.165, 1.54) is 0 Å². The molecule has 0 aromatic rings. The highest BCUT2D eigenvalue weighted by molar-refractivity contribution is 5.13. The highest BCUT2D eigenvalue weighted by Crippen LogP contribution is 2.26. The van der Waals surface area contributed by atoms with Gasteiger partial charge in [0.25, 0.3) is 0 Å². The first-order valence-corrected chi connectivity index (χ1v) is 3.65. The molecule has 0 fully saturated rings. The van der Waals surface area contributed by atoms with Crippen LogP contribution in [0.3, 0.4) is 0 Å².